The molecule has 1 heterocycles. The summed E-state index contributed by atoms with van der Waals surface area (Å²) in [5, 5.41) is 3.59. The molecule has 1 N–H and O–H groups in total. The maximum Gasteiger partial charge on any atom is 0.127 e. The third kappa shape index (κ3) is 3.45. The molecule has 0 radical (unpaired) electrons. The van der Waals surface area contributed by atoms with Gasteiger partial charge in [0.15, 0.2) is 0 Å². The van der Waals surface area contributed by atoms with Gasteiger partial charge in [-0.25, -0.2) is 0 Å². The predicted molar refractivity (Wildman–Crippen MR) is 91.0 cm³/mol. The van der Waals surface area contributed by atoms with Crippen molar-refractivity contribution in [3.8, 4) is 5.75 Å². The van der Waals surface area contributed by atoms with E-state index in [1.807, 2.05) is 0 Å². The Morgan fingerprint density at radius 2 is 1.86 bits per heavy atom. The summed E-state index contributed by atoms with van der Waals surface area (Å²) in [6.45, 7) is 0.833. The molecule has 0 aromatic heterocycles. The van der Waals surface area contributed by atoms with Gasteiger partial charge in [0.1, 0.15) is 5.75 Å². The van der Waals surface area contributed by atoms with Crippen molar-refractivity contribution in [1.29, 1.82) is 0 Å². The van der Waals surface area contributed by atoms with E-state index in [0.717, 1.165) is 24.7 Å². The Kier molecular flexibility index (Phi) is 5.23. The van der Waals surface area contributed by atoms with Crippen molar-refractivity contribution in [3.63, 3.8) is 0 Å². The number of hydrogen-bond acceptors (Lipinski definition) is 2. The topological polar surface area (TPSA) is 21.3 Å². The van der Waals surface area contributed by atoms with Crippen molar-refractivity contribution in [1.82, 2.24) is 5.32 Å². The van der Waals surface area contributed by atoms with E-state index in [2.05, 4.69) is 40.4 Å². The van der Waals surface area contributed by atoms with Crippen LogP contribution in [0.5, 0.6) is 5.75 Å². The molecule has 1 aromatic rings. The van der Waals surface area contributed by atoms with Crippen molar-refractivity contribution in [2.45, 2.75) is 57.4 Å². The number of ether oxygens (including phenoxy) is 1. The molecule has 1 aromatic carbocycles. The van der Waals surface area contributed by atoms with Crippen molar-refractivity contribution in [2.24, 2.45) is 5.92 Å². The molecule has 0 spiro atoms. The highest BCUT2D eigenvalue weighted by Crippen LogP contribution is 2.41. The number of nitrogens with one attached hydrogen (secondary N) is 1. The first-order valence-electron chi connectivity index (χ1n) is 8.42. The van der Waals surface area contributed by atoms with Gasteiger partial charge in [-0.05, 0) is 43.5 Å². The van der Waals surface area contributed by atoms with Crippen LogP contribution in [-0.4, -0.2) is 13.7 Å². The summed E-state index contributed by atoms with van der Waals surface area (Å²) in [5.74, 6) is 1.89. The fourth-order valence-corrected chi connectivity index (χ4v) is 4.52. The Balaban J connectivity index is 1.88. The third-order valence-corrected chi connectivity index (χ3v) is 5.50. The SMILES string of the molecule is CNC(c1cc(Br)cc2c1OCC2)C1CCCCCCC1. The molecule has 1 aliphatic carbocycles. The second-order valence-corrected chi connectivity index (χ2v) is 7.37. The van der Waals surface area contributed by atoms with Gasteiger partial charge in [-0.1, -0.05) is 48.0 Å². The Morgan fingerprint density at radius 1 is 1.14 bits per heavy atom. The number of rotatable bonds is 3. The van der Waals surface area contributed by atoms with Crippen molar-refractivity contribution < 1.29 is 4.74 Å². The number of halogens is 1. The second-order valence-electron chi connectivity index (χ2n) is 6.45. The summed E-state index contributed by atoms with van der Waals surface area (Å²) in [6, 6.07) is 4.91. The van der Waals surface area contributed by atoms with Crippen LogP contribution in [0.3, 0.4) is 0 Å². The van der Waals surface area contributed by atoms with Crippen LogP contribution in [-0.2, 0) is 6.42 Å². The number of benzene rings is 1. The van der Waals surface area contributed by atoms with E-state index in [-0.39, 0.29) is 0 Å². The highest BCUT2D eigenvalue weighted by atomic mass is 79.9. The summed E-state index contributed by atoms with van der Waals surface area (Å²) in [6.07, 6.45) is 10.7. The molecule has 2 nitrogen and oxygen atoms in total. The van der Waals surface area contributed by atoms with Crippen LogP contribution in [0, 0.1) is 5.92 Å². The molecule has 1 saturated carbocycles. The third-order valence-electron chi connectivity index (χ3n) is 5.04. The quantitative estimate of drug-likeness (QED) is 0.826. The Bertz CT molecular complexity index is 480. The molecule has 1 unspecified atom stereocenters. The van der Waals surface area contributed by atoms with Gasteiger partial charge in [0.05, 0.1) is 6.61 Å². The van der Waals surface area contributed by atoms with Crippen LogP contribution in [0.25, 0.3) is 0 Å². The van der Waals surface area contributed by atoms with Gasteiger partial charge in [0.2, 0.25) is 0 Å². The molecule has 1 atom stereocenters. The first-order valence-corrected chi connectivity index (χ1v) is 9.21. The van der Waals surface area contributed by atoms with Crippen molar-refractivity contribution in [3.05, 3.63) is 27.7 Å². The maximum absolute atomic E-state index is 5.95. The van der Waals surface area contributed by atoms with E-state index < -0.39 is 0 Å². The van der Waals surface area contributed by atoms with Crippen LogP contribution < -0.4 is 10.1 Å². The molecule has 0 amide bonds. The zero-order valence-electron chi connectivity index (χ0n) is 13.0. The summed E-state index contributed by atoms with van der Waals surface area (Å²) in [4.78, 5) is 0. The lowest BCUT2D eigenvalue weighted by Crippen LogP contribution is -2.26. The largest absolute Gasteiger partial charge is 0.493 e. The van der Waals surface area contributed by atoms with Crippen LogP contribution in [0.15, 0.2) is 16.6 Å². The van der Waals surface area contributed by atoms with E-state index in [1.165, 1.54) is 60.5 Å². The molecule has 3 heteroatoms. The standard InChI is InChI=1S/C18H26BrNO/c1-20-17(13-7-5-3-2-4-6-8-13)16-12-15(19)11-14-9-10-21-18(14)16/h11-13,17,20H,2-10H2,1H3. The number of hydrogen-bond donors (Lipinski definition) is 1. The van der Waals surface area contributed by atoms with Crippen LogP contribution >= 0.6 is 15.9 Å². The van der Waals surface area contributed by atoms with Gasteiger partial charge in [0, 0.05) is 22.5 Å². The van der Waals surface area contributed by atoms with E-state index in [1.54, 1.807) is 0 Å². The highest BCUT2D eigenvalue weighted by Gasteiger charge is 2.28. The number of fused-ring (bicyclic) bond motifs is 1. The zero-order valence-corrected chi connectivity index (χ0v) is 14.5. The lowest BCUT2D eigenvalue weighted by atomic mass is 9.82. The van der Waals surface area contributed by atoms with Crippen molar-refractivity contribution >= 4 is 15.9 Å². The summed E-state index contributed by atoms with van der Waals surface area (Å²) in [7, 11) is 2.10. The lowest BCUT2D eigenvalue weighted by Gasteiger charge is -2.30. The second kappa shape index (κ2) is 7.15. The van der Waals surface area contributed by atoms with Crippen LogP contribution in [0.4, 0.5) is 0 Å². The molecule has 2 aliphatic rings. The first-order chi connectivity index (χ1) is 10.3. The fourth-order valence-electron chi connectivity index (χ4n) is 4.00. The summed E-state index contributed by atoms with van der Waals surface area (Å²) in [5.41, 5.74) is 2.73. The van der Waals surface area contributed by atoms with Gasteiger partial charge in [-0.15, -0.1) is 0 Å². The average molecular weight is 352 g/mol. The van der Waals surface area contributed by atoms with E-state index in [0.29, 0.717) is 6.04 Å². The average Bonchev–Trinajstić information content (AvgIpc) is 2.89. The summed E-state index contributed by atoms with van der Waals surface area (Å²) < 4.78 is 7.14. The zero-order chi connectivity index (χ0) is 14.7. The molecule has 21 heavy (non-hydrogen) atoms. The molecular weight excluding hydrogens is 326 g/mol. The predicted octanol–water partition coefficient (Wildman–Crippen LogP) is 5.01. The van der Waals surface area contributed by atoms with Gasteiger partial charge in [-0.2, -0.15) is 0 Å². The molecule has 1 aliphatic heterocycles. The van der Waals surface area contributed by atoms with E-state index >= 15 is 0 Å². The van der Waals surface area contributed by atoms with Crippen LogP contribution in [0.1, 0.15) is 62.1 Å². The minimum absolute atomic E-state index is 0.424. The highest BCUT2D eigenvalue weighted by molar-refractivity contribution is 9.10. The lowest BCUT2D eigenvalue weighted by molar-refractivity contribution is 0.288. The smallest absolute Gasteiger partial charge is 0.127 e. The Hall–Kier alpha value is -0.540. The fraction of sp³-hybridized carbons (Fsp3) is 0.667. The van der Waals surface area contributed by atoms with Crippen LogP contribution in [0.2, 0.25) is 0 Å². The van der Waals surface area contributed by atoms with Crippen molar-refractivity contribution in [2.75, 3.05) is 13.7 Å². The normalized spacial score (nSPS) is 21.2. The molecular formula is C18H26BrNO. The Morgan fingerprint density at radius 3 is 2.57 bits per heavy atom. The molecule has 0 saturated heterocycles. The van der Waals surface area contributed by atoms with Gasteiger partial charge in [-0.3, -0.25) is 0 Å². The van der Waals surface area contributed by atoms with E-state index in [4.69, 9.17) is 4.74 Å². The maximum atomic E-state index is 5.95. The molecule has 0 bridgehead atoms. The molecule has 1 fully saturated rings. The Labute approximate surface area is 136 Å². The monoisotopic (exact) mass is 351 g/mol. The minimum atomic E-state index is 0.424. The van der Waals surface area contributed by atoms with Gasteiger partial charge >= 0.3 is 0 Å². The summed E-state index contributed by atoms with van der Waals surface area (Å²) >= 11 is 3.68. The first kappa shape index (κ1) is 15.4. The van der Waals surface area contributed by atoms with Gasteiger partial charge < -0.3 is 10.1 Å². The molecule has 116 valence electrons. The minimum Gasteiger partial charge on any atom is -0.493 e. The van der Waals surface area contributed by atoms with E-state index in [9.17, 15) is 0 Å². The molecule has 3 rings (SSSR count). The van der Waals surface area contributed by atoms with Gasteiger partial charge in [0.25, 0.3) is 0 Å².